The van der Waals surface area contributed by atoms with E-state index in [1.54, 1.807) is 7.11 Å². The fourth-order valence-electron chi connectivity index (χ4n) is 1.97. The molecule has 16 heavy (non-hydrogen) atoms. The van der Waals surface area contributed by atoms with Crippen molar-refractivity contribution in [3.8, 4) is 5.75 Å². The van der Waals surface area contributed by atoms with Gasteiger partial charge in [-0.3, -0.25) is 0 Å². The van der Waals surface area contributed by atoms with E-state index in [1.807, 2.05) is 0 Å². The Morgan fingerprint density at radius 1 is 1.44 bits per heavy atom. The topological polar surface area (TPSA) is 30.5 Å². The molecule has 0 radical (unpaired) electrons. The Bertz CT molecular complexity index is 324. The van der Waals surface area contributed by atoms with E-state index in [4.69, 9.17) is 9.47 Å². The fourth-order valence-corrected chi connectivity index (χ4v) is 1.97. The van der Waals surface area contributed by atoms with E-state index in [0.717, 1.165) is 31.9 Å². The van der Waals surface area contributed by atoms with Crippen LogP contribution in [0.4, 0.5) is 0 Å². The minimum absolute atomic E-state index is 0.161. The minimum Gasteiger partial charge on any atom is -0.497 e. The zero-order valence-electron chi connectivity index (χ0n) is 9.95. The monoisotopic (exact) mass is 221 g/mol. The second-order valence-corrected chi connectivity index (χ2v) is 4.03. The van der Waals surface area contributed by atoms with Crippen LogP contribution in [0.15, 0.2) is 18.2 Å². The average Bonchev–Trinajstić information content (AvgIpc) is 2.39. The molecule has 1 aliphatic rings. The molecule has 2 rings (SSSR count). The van der Waals surface area contributed by atoms with Crippen molar-refractivity contribution in [3.05, 3.63) is 29.3 Å². The zero-order chi connectivity index (χ0) is 11.4. The van der Waals surface area contributed by atoms with Crippen LogP contribution in [-0.4, -0.2) is 26.8 Å². The molecule has 1 heterocycles. The molecule has 0 aromatic heterocycles. The SMILES string of the molecule is CCc1cc(OC)cc(C2CNCCO2)c1. The van der Waals surface area contributed by atoms with Crippen molar-refractivity contribution in [3.63, 3.8) is 0 Å². The fraction of sp³-hybridized carbons (Fsp3) is 0.538. The molecular weight excluding hydrogens is 202 g/mol. The molecule has 1 unspecified atom stereocenters. The normalized spacial score (nSPS) is 20.8. The Hall–Kier alpha value is -1.06. The third-order valence-electron chi connectivity index (χ3n) is 2.93. The summed E-state index contributed by atoms with van der Waals surface area (Å²) in [4.78, 5) is 0. The molecule has 1 saturated heterocycles. The molecule has 1 aliphatic heterocycles. The maximum atomic E-state index is 5.74. The molecule has 1 aromatic rings. The van der Waals surface area contributed by atoms with Gasteiger partial charge in [0.2, 0.25) is 0 Å². The predicted molar refractivity (Wildman–Crippen MR) is 63.9 cm³/mol. The quantitative estimate of drug-likeness (QED) is 0.846. The van der Waals surface area contributed by atoms with E-state index >= 15 is 0 Å². The van der Waals surface area contributed by atoms with Gasteiger partial charge >= 0.3 is 0 Å². The lowest BCUT2D eigenvalue weighted by atomic mass is 10.0. The van der Waals surface area contributed by atoms with Crippen LogP contribution in [0.3, 0.4) is 0 Å². The van der Waals surface area contributed by atoms with Gasteiger partial charge in [0.05, 0.1) is 19.8 Å². The summed E-state index contributed by atoms with van der Waals surface area (Å²) in [5, 5.41) is 3.34. The molecule has 0 saturated carbocycles. The molecule has 3 nitrogen and oxygen atoms in total. The van der Waals surface area contributed by atoms with Gasteiger partial charge in [0.15, 0.2) is 0 Å². The first-order valence-corrected chi connectivity index (χ1v) is 5.83. The van der Waals surface area contributed by atoms with Gasteiger partial charge in [0.25, 0.3) is 0 Å². The molecule has 3 heteroatoms. The summed E-state index contributed by atoms with van der Waals surface area (Å²) in [7, 11) is 1.71. The summed E-state index contributed by atoms with van der Waals surface area (Å²) in [5.41, 5.74) is 2.51. The van der Waals surface area contributed by atoms with Crippen LogP contribution in [-0.2, 0) is 11.2 Å². The van der Waals surface area contributed by atoms with Gasteiger partial charge in [-0.15, -0.1) is 0 Å². The lowest BCUT2D eigenvalue weighted by Crippen LogP contribution is -2.33. The average molecular weight is 221 g/mol. The zero-order valence-corrected chi connectivity index (χ0v) is 9.95. The van der Waals surface area contributed by atoms with E-state index < -0.39 is 0 Å². The summed E-state index contributed by atoms with van der Waals surface area (Å²) in [6, 6.07) is 6.36. The lowest BCUT2D eigenvalue weighted by Gasteiger charge is -2.24. The molecule has 1 fully saturated rings. The standard InChI is InChI=1S/C13H19NO2/c1-3-10-6-11(8-12(7-10)15-2)13-9-14-4-5-16-13/h6-8,13-14H,3-5,9H2,1-2H3. The highest BCUT2D eigenvalue weighted by Crippen LogP contribution is 2.25. The van der Waals surface area contributed by atoms with Crippen molar-refractivity contribution in [2.75, 3.05) is 26.8 Å². The summed E-state index contributed by atoms with van der Waals surface area (Å²) >= 11 is 0. The van der Waals surface area contributed by atoms with Gasteiger partial charge in [0, 0.05) is 13.1 Å². The van der Waals surface area contributed by atoms with Gasteiger partial charge in [-0.2, -0.15) is 0 Å². The minimum atomic E-state index is 0.161. The van der Waals surface area contributed by atoms with Gasteiger partial charge in [-0.1, -0.05) is 13.0 Å². The Morgan fingerprint density at radius 3 is 2.94 bits per heavy atom. The van der Waals surface area contributed by atoms with E-state index in [9.17, 15) is 0 Å². The smallest absolute Gasteiger partial charge is 0.119 e. The number of morpholine rings is 1. The number of nitrogens with one attached hydrogen (secondary N) is 1. The molecule has 88 valence electrons. The summed E-state index contributed by atoms with van der Waals surface area (Å²) in [5.74, 6) is 0.920. The molecule has 1 N–H and O–H groups in total. The molecule has 0 spiro atoms. The Kier molecular flexibility index (Phi) is 3.80. The molecule has 1 aromatic carbocycles. The van der Waals surface area contributed by atoms with Gasteiger partial charge in [-0.05, 0) is 29.7 Å². The van der Waals surface area contributed by atoms with Gasteiger partial charge in [0.1, 0.15) is 5.75 Å². The maximum absolute atomic E-state index is 5.74. The Balaban J connectivity index is 2.24. The molecule has 0 aliphatic carbocycles. The van der Waals surface area contributed by atoms with Crippen LogP contribution >= 0.6 is 0 Å². The molecule has 0 bridgehead atoms. The number of hydrogen-bond acceptors (Lipinski definition) is 3. The highest BCUT2D eigenvalue weighted by Gasteiger charge is 2.16. The van der Waals surface area contributed by atoms with Crippen molar-refractivity contribution in [1.29, 1.82) is 0 Å². The van der Waals surface area contributed by atoms with Gasteiger partial charge in [-0.25, -0.2) is 0 Å². The first-order chi connectivity index (χ1) is 7.83. The summed E-state index contributed by atoms with van der Waals surface area (Å²) < 4.78 is 11.1. The van der Waals surface area contributed by atoms with Crippen molar-refractivity contribution in [2.24, 2.45) is 0 Å². The van der Waals surface area contributed by atoms with Crippen LogP contribution < -0.4 is 10.1 Å². The van der Waals surface area contributed by atoms with Crippen LogP contribution in [0.5, 0.6) is 5.75 Å². The van der Waals surface area contributed by atoms with Crippen LogP contribution in [0.2, 0.25) is 0 Å². The Labute approximate surface area is 96.8 Å². The van der Waals surface area contributed by atoms with E-state index in [0.29, 0.717) is 0 Å². The second-order valence-electron chi connectivity index (χ2n) is 4.03. The first kappa shape index (κ1) is 11.4. The van der Waals surface area contributed by atoms with Crippen molar-refractivity contribution < 1.29 is 9.47 Å². The molecular formula is C13H19NO2. The van der Waals surface area contributed by atoms with Gasteiger partial charge < -0.3 is 14.8 Å². The van der Waals surface area contributed by atoms with Crippen LogP contribution in [0.25, 0.3) is 0 Å². The second kappa shape index (κ2) is 5.32. The molecule has 1 atom stereocenters. The van der Waals surface area contributed by atoms with E-state index in [1.165, 1.54) is 11.1 Å². The van der Waals surface area contributed by atoms with Crippen molar-refractivity contribution >= 4 is 0 Å². The summed E-state index contributed by atoms with van der Waals surface area (Å²) in [6.07, 6.45) is 1.18. The lowest BCUT2D eigenvalue weighted by molar-refractivity contribution is 0.0275. The maximum Gasteiger partial charge on any atom is 0.119 e. The number of hydrogen-bond donors (Lipinski definition) is 1. The van der Waals surface area contributed by atoms with Crippen LogP contribution in [0, 0.1) is 0 Å². The number of aryl methyl sites for hydroxylation is 1. The molecule has 0 amide bonds. The van der Waals surface area contributed by atoms with E-state index in [2.05, 4.69) is 30.4 Å². The third kappa shape index (κ3) is 2.54. The first-order valence-electron chi connectivity index (χ1n) is 5.83. The predicted octanol–water partition coefficient (Wildman–Crippen LogP) is 1.92. The number of rotatable bonds is 3. The Morgan fingerprint density at radius 2 is 2.31 bits per heavy atom. The largest absolute Gasteiger partial charge is 0.497 e. The number of ether oxygens (including phenoxy) is 2. The third-order valence-corrected chi connectivity index (χ3v) is 2.93. The van der Waals surface area contributed by atoms with E-state index in [-0.39, 0.29) is 6.10 Å². The highest BCUT2D eigenvalue weighted by molar-refractivity contribution is 5.36. The van der Waals surface area contributed by atoms with Crippen molar-refractivity contribution in [1.82, 2.24) is 5.32 Å². The number of methoxy groups -OCH3 is 1. The van der Waals surface area contributed by atoms with Crippen LogP contribution in [0.1, 0.15) is 24.2 Å². The summed E-state index contributed by atoms with van der Waals surface area (Å²) in [6.45, 7) is 4.76. The van der Waals surface area contributed by atoms with Crippen molar-refractivity contribution in [2.45, 2.75) is 19.4 Å². The number of benzene rings is 1. The highest BCUT2D eigenvalue weighted by atomic mass is 16.5.